The fourth-order valence-electron chi connectivity index (χ4n) is 3.09. The first-order valence-electron chi connectivity index (χ1n) is 6.69. The minimum absolute atomic E-state index is 0.0103. The van der Waals surface area contributed by atoms with E-state index in [1.165, 1.54) is 0 Å². The molecule has 0 saturated carbocycles. The molecule has 0 aliphatic carbocycles. The van der Waals surface area contributed by atoms with Gasteiger partial charge in [0.2, 0.25) is 15.9 Å². The van der Waals surface area contributed by atoms with Crippen molar-refractivity contribution < 1.29 is 27.5 Å². The number of nitrogens with one attached hydrogen (secondary N) is 2. The number of esters is 1. The topological polar surface area (TPSA) is 111 Å². The van der Waals surface area contributed by atoms with Crippen LogP contribution in [0.4, 0.5) is 0 Å². The van der Waals surface area contributed by atoms with Crippen molar-refractivity contribution in [1.29, 1.82) is 0 Å². The number of sulfonamides is 1. The van der Waals surface area contributed by atoms with Gasteiger partial charge in [-0.15, -0.1) is 0 Å². The Morgan fingerprint density at radius 3 is 2.95 bits per heavy atom. The van der Waals surface area contributed by atoms with Crippen LogP contribution in [0.25, 0.3) is 0 Å². The molecule has 3 saturated heterocycles. The van der Waals surface area contributed by atoms with Crippen LogP contribution in [0, 0.1) is 0 Å². The molecule has 3 rings (SSSR count). The lowest BCUT2D eigenvalue weighted by molar-refractivity contribution is -0.152. The van der Waals surface area contributed by atoms with E-state index in [4.69, 9.17) is 9.47 Å². The van der Waals surface area contributed by atoms with E-state index in [1.54, 1.807) is 0 Å². The molecule has 9 heteroatoms. The maximum Gasteiger partial charge on any atom is 0.308 e. The molecule has 5 unspecified atom stereocenters. The number of hydrogen-bond donors (Lipinski definition) is 2. The van der Waals surface area contributed by atoms with Crippen molar-refractivity contribution in [3.63, 3.8) is 0 Å². The van der Waals surface area contributed by atoms with Crippen LogP contribution in [-0.4, -0.2) is 56.4 Å². The van der Waals surface area contributed by atoms with Crippen LogP contribution in [0.1, 0.15) is 12.8 Å². The van der Waals surface area contributed by atoms with Crippen molar-refractivity contribution in [2.24, 2.45) is 0 Å². The average Bonchev–Trinajstić information content (AvgIpc) is 3.02. The van der Waals surface area contributed by atoms with E-state index in [9.17, 15) is 18.0 Å². The molecule has 3 aliphatic rings. The first-order chi connectivity index (χ1) is 9.92. The van der Waals surface area contributed by atoms with Gasteiger partial charge in [-0.2, -0.15) is 0 Å². The van der Waals surface area contributed by atoms with Crippen molar-refractivity contribution in [1.82, 2.24) is 10.0 Å². The average molecular weight is 316 g/mol. The van der Waals surface area contributed by atoms with Gasteiger partial charge < -0.3 is 14.8 Å². The van der Waals surface area contributed by atoms with E-state index in [1.807, 2.05) is 0 Å². The van der Waals surface area contributed by atoms with Crippen LogP contribution in [0.5, 0.6) is 0 Å². The highest BCUT2D eigenvalue weighted by atomic mass is 32.2. The number of rotatable bonds is 5. The van der Waals surface area contributed by atoms with Crippen molar-refractivity contribution in [2.75, 3.05) is 6.54 Å². The Kier molecular flexibility index (Phi) is 3.50. The molecule has 2 bridgehead atoms. The Morgan fingerprint density at radius 1 is 1.48 bits per heavy atom. The van der Waals surface area contributed by atoms with Gasteiger partial charge in [-0.3, -0.25) is 9.59 Å². The molecule has 0 spiro atoms. The Morgan fingerprint density at radius 2 is 2.24 bits per heavy atom. The molecule has 3 fully saturated rings. The summed E-state index contributed by atoms with van der Waals surface area (Å²) in [6.45, 7) is 3.44. The van der Waals surface area contributed by atoms with Crippen LogP contribution >= 0.6 is 0 Å². The van der Waals surface area contributed by atoms with Gasteiger partial charge in [-0.1, -0.05) is 6.58 Å². The number of carbonyl (C=O) groups is 2. The third-order valence-electron chi connectivity index (χ3n) is 4.02. The van der Waals surface area contributed by atoms with Crippen molar-refractivity contribution in [3.05, 3.63) is 12.7 Å². The number of hydrogen-bond acceptors (Lipinski definition) is 6. The van der Waals surface area contributed by atoms with Crippen LogP contribution < -0.4 is 10.0 Å². The molecule has 0 aromatic rings. The maximum atomic E-state index is 11.8. The summed E-state index contributed by atoms with van der Waals surface area (Å²) in [5, 5.41) is 1.94. The highest BCUT2D eigenvalue weighted by molar-refractivity contribution is 7.90. The summed E-state index contributed by atoms with van der Waals surface area (Å²) in [6.07, 6.45) is 0.0755. The van der Waals surface area contributed by atoms with Crippen LogP contribution in [0.15, 0.2) is 12.7 Å². The summed E-state index contributed by atoms with van der Waals surface area (Å²) in [7, 11) is -3.37. The number of carbonyl (C=O) groups excluding carboxylic acids is 2. The molecule has 2 N–H and O–H groups in total. The summed E-state index contributed by atoms with van der Waals surface area (Å²) in [5.41, 5.74) is 0. The standard InChI is InChI=1S/C12H16N2O6S/c1-2-8(15)13-4-3-9(16)20-11-6-5-7-12(19-6)10(11)14-21(7,17)18/h2,6-7,10-12,14H,1,3-5H2,(H,13,15). The number of ether oxygens (including phenoxy) is 2. The molecule has 3 aliphatic heterocycles. The summed E-state index contributed by atoms with van der Waals surface area (Å²) in [5.74, 6) is -0.861. The highest BCUT2D eigenvalue weighted by Gasteiger charge is 2.65. The van der Waals surface area contributed by atoms with Gasteiger partial charge in [0.15, 0.2) is 0 Å². The van der Waals surface area contributed by atoms with E-state index >= 15 is 0 Å². The predicted octanol–water partition coefficient (Wildman–Crippen LogP) is -1.57. The van der Waals surface area contributed by atoms with Gasteiger partial charge in [0.1, 0.15) is 11.4 Å². The minimum atomic E-state index is -3.37. The second-order valence-corrected chi connectivity index (χ2v) is 7.23. The normalized spacial score (nSPS) is 38.2. The van der Waals surface area contributed by atoms with Crippen LogP contribution in [-0.2, 0) is 29.1 Å². The maximum absolute atomic E-state index is 11.8. The largest absolute Gasteiger partial charge is 0.458 e. The Hall–Kier alpha value is -1.45. The van der Waals surface area contributed by atoms with Gasteiger partial charge in [0, 0.05) is 6.54 Å². The lowest BCUT2D eigenvalue weighted by Gasteiger charge is -2.22. The fraction of sp³-hybridized carbons (Fsp3) is 0.667. The lowest BCUT2D eigenvalue weighted by Crippen LogP contribution is -2.45. The molecule has 3 heterocycles. The molecule has 0 radical (unpaired) electrons. The molecule has 0 aromatic heterocycles. The van der Waals surface area contributed by atoms with Crippen LogP contribution in [0.3, 0.4) is 0 Å². The molecular weight excluding hydrogens is 300 g/mol. The zero-order valence-corrected chi connectivity index (χ0v) is 12.0. The van der Waals surface area contributed by atoms with Gasteiger partial charge in [0.25, 0.3) is 0 Å². The SMILES string of the molecule is C=CC(=O)NCCC(=O)OC1C2CC3C(O2)C1NS3(=O)=O. The summed E-state index contributed by atoms with van der Waals surface area (Å²) in [6, 6.07) is -0.495. The first-order valence-corrected chi connectivity index (χ1v) is 8.23. The summed E-state index contributed by atoms with van der Waals surface area (Å²) < 4.78 is 37.0. The monoisotopic (exact) mass is 316 g/mol. The Balaban J connectivity index is 1.54. The smallest absolute Gasteiger partial charge is 0.308 e. The summed E-state index contributed by atoms with van der Waals surface area (Å²) in [4.78, 5) is 22.7. The molecule has 5 atom stereocenters. The second-order valence-electron chi connectivity index (χ2n) is 5.30. The van der Waals surface area contributed by atoms with Gasteiger partial charge in [-0.25, -0.2) is 13.1 Å². The van der Waals surface area contributed by atoms with Gasteiger partial charge in [-0.05, 0) is 12.5 Å². The van der Waals surface area contributed by atoms with E-state index in [0.29, 0.717) is 6.42 Å². The van der Waals surface area contributed by atoms with Crippen molar-refractivity contribution >= 4 is 21.9 Å². The van der Waals surface area contributed by atoms with Crippen LogP contribution in [0.2, 0.25) is 0 Å². The minimum Gasteiger partial charge on any atom is -0.458 e. The third-order valence-corrected chi connectivity index (χ3v) is 5.88. The van der Waals surface area contributed by atoms with E-state index in [0.717, 1.165) is 6.08 Å². The first kappa shape index (κ1) is 14.5. The quantitative estimate of drug-likeness (QED) is 0.468. The lowest BCUT2D eigenvalue weighted by atomic mass is 9.93. The Labute approximate surface area is 121 Å². The Bertz CT molecular complexity index is 589. The molecule has 0 aromatic carbocycles. The zero-order chi connectivity index (χ0) is 15.2. The number of fused-ring (bicyclic) bond motifs is 1. The van der Waals surface area contributed by atoms with E-state index < -0.39 is 39.5 Å². The summed E-state index contributed by atoms with van der Waals surface area (Å²) >= 11 is 0. The predicted molar refractivity (Wildman–Crippen MR) is 70.6 cm³/mol. The molecular formula is C12H16N2O6S. The highest BCUT2D eigenvalue weighted by Crippen LogP contribution is 2.44. The molecule has 8 nitrogen and oxygen atoms in total. The van der Waals surface area contributed by atoms with E-state index in [2.05, 4.69) is 16.6 Å². The van der Waals surface area contributed by atoms with Gasteiger partial charge >= 0.3 is 5.97 Å². The molecule has 116 valence electrons. The van der Waals surface area contributed by atoms with E-state index in [-0.39, 0.29) is 25.0 Å². The molecule has 21 heavy (non-hydrogen) atoms. The van der Waals surface area contributed by atoms with Crippen molar-refractivity contribution in [2.45, 2.75) is 42.4 Å². The third kappa shape index (κ3) is 2.45. The number of amides is 1. The molecule has 1 amide bonds. The fourth-order valence-corrected chi connectivity index (χ4v) is 4.94. The zero-order valence-electron chi connectivity index (χ0n) is 11.2. The second kappa shape index (κ2) is 5.08. The van der Waals surface area contributed by atoms with Gasteiger partial charge in [0.05, 0.1) is 24.7 Å². The van der Waals surface area contributed by atoms with Crippen molar-refractivity contribution in [3.8, 4) is 0 Å².